The van der Waals surface area contributed by atoms with Crippen LogP contribution in [0.4, 0.5) is 0 Å². The van der Waals surface area contributed by atoms with Gasteiger partial charge in [0.2, 0.25) is 0 Å². The minimum Gasteiger partial charge on any atom is -0.497 e. The van der Waals surface area contributed by atoms with Gasteiger partial charge in [0.25, 0.3) is 0 Å². The Bertz CT molecular complexity index is 571. The van der Waals surface area contributed by atoms with E-state index >= 15 is 0 Å². The van der Waals surface area contributed by atoms with Gasteiger partial charge >= 0.3 is 5.97 Å². The third kappa shape index (κ3) is 3.22. The number of hydrogen-bond donors (Lipinski definition) is 0. The Labute approximate surface area is 112 Å². The maximum Gasteiger partial charge on any atom is 0.343 e. The molecule has 0 atom stereocenters. The molecule has 0 N–H and O–H groups in total. The molecule has 0 saturated heterocycles. The zero-order chi connectivity index (χ0) is 13.7. The van der Waals surface area contributed by atoms with E-state index in [0.29, 0.717) is 11.3 Å². The molecule has 0 saturated carbocycles. The lowest BCUT2D eigenvalue weighted by molar-refractivity contribution is 0.0693. The SMILES string of the molecule is C=C(OC(=O)c1ccccc1)c1ccc(OC)cc1. The monoisotopic (exact) mass is 254 g/mol. The summed E-state index contributed by atoms with van der Waals surface area (Å²) in [5, 5.41) is 0. The number of methoxy groups -OCH3 is 1. The number of rotatable bonds is 4. The first-order valence-corrected chi connectivity index (χ1v) is 5.81. The second-order valence-corrected chi connectivity index (χ2v) is 3.91. The van der Waals surface area contributed by atoms with Gasteiger partial charge in [-0.25, -0.2) is 4.79 Å². The van der Waals surface area contributed by atoms with Crippen LogP contribution >= 0.6 is 0 Å². The Kier molecular flexibility index (Phi) is 3.98. The van der Waals surface area contributed by atoms with Crippen LogP contribution in [0, 0.1) is 0 Å². The van der Waals surface area contributed by atoms with E-state index in [0.717, 1.165) is 11.3 Å². The van der Waals surface area contributed by atoms with Gasteiger partial charge in [-0.1, -0.05) is 24.8 Å². The van der Waals surface area contributed by atoms with Gasteiger partial charge in [-0.3, -0.25) is 0 Å². The van der Waals surface area contributed by atoms with Crippen molar-refractivity contribution >= 4 is 11.7 Å². The van der Waals surface area contributed by atoms with Gasteiger partial charge in [0.15, 0.2) is 0 Å². The molecule has 0 amide bonds. The minimum atomic E-state index is -0.415. The quantitative estimate of drug-likeness (QED) is 0.618. The minimum absolute atomic E-state index is 0.316. The van der Waals surface area contributed by atoms with Gasteiger partial charge in [0.05, 0.1) is 12.7 Å². The maximum absolute atomic E-state index is 11.8. The molecular formula is C16H14O3. The number of ether oxygens (including phenoxy) is 2. The van der Waals surface area contributed by atoms with Crippen molar-refractivity contribution in [3.05, 3.63) is 72.3 Å². The predicted molar refractivity (Wildman–Crippen MR) is 73.9 cm³/mol. The highest BCUT2D eigenvalue weighted by atomic mass is 16.5. The average molecular weight is 254 g/mol. The van der Waals surface area contributed by atoms with Crippen LogP contribution in [0.3, 0.4) is 0 Å². The van der Waals surface area contributed by atoms with E-state index in [9.17, 15) is 4.79 Å². The van der Waals surface area contributed by atoms with Crippen LogP contribution in [-0.4, -0.2) is 13.1 Å². The molecular weight excluding hydrogens is 240 g/mol. The lowest BCUT2D eigenvalue weighted by Crippen LogP contribution is -2.03. The van der Waals surface area contributed by atoms with E-state index in [2.05, 4.69) is 6.58 Å². The van der Waals surface area contributed by atoms with Gasteiger partial charge in [0, 0.05) is 5.56 Å². The zero-order valence-electron chi connectivity index (χ0n) is 10.6. The Morgan fingerprint density at radius 2 is 1.58 bits per heavy atom. The van der Waals surface area contributed by atoms with Gasteiger partial charge in [0.1, 0.15) is 11.5 Å². The van der Waals surface area contributed by atoms with Crippen LogP contribution in [0.5, 0.6) is 5.75 Å². The van der Waals surface area contributed by atoms with Crippen molar-refractivity contribution in [1.82, 2.24) is 0 Å². The Morgan fingerprint density at radius 1 is 0.947 bits per heavy atom. The van der Waals surface area contributed by atoms with Crippen LogP contribution in [-0.2, 0) is 4.74 Å². The molecule has 0 spiro atoms. The first-order valence-electron chi connectivity index (χ1n) is 5.81. The topological polar surface area (TPSA) is 35.5 Å². The summed E-state index contributed by atoms with van der Waals surface area (Å²) in [6.45, 7) is 3.76. The smallest absolute Gasteiger partial charge is 0.343 e. The summed E-state index contributed by atoms with van der Waals surface area (Å²) in [6, 6.07) is 16.0. The van der Waals surface area contributed by atoms with Crippen LogP contribution in [0.25, 0.3) is 5.76 Å². The first kappa shape index (κ1) is 12.9. The molecule has 0 aromatic heterocycles. The molecule has 0 bridgehead atoms. The van der Waals surface area contributed by atoms with E-state index in [-0.39, 0.29) is 0 Å². The lowest BCUT2D eigenvalue weighted by atomic mass is 10.2. The van der Waals surface area contributed by atoms with Gasteiger partial charge in [-0.15, -0.1) is 0 Å². The molecule has 0 fully saturated rings. The van der Waals surface area contributed by atoms with Crippen molar-refractivity contribution in [2.45, 2.75) is 0 Å². The van der Waals surface area contributed by atoms with Crippen LogP contribution in [0.1, 0.15) is 15.9 Å². The molecule has 0 unspecified atom stereocenters. The molecule has 96 valence electrons. The third-order valence-electron chi connectivity index (χ3n) is 2.64. The predicted octanol–water partition coefficient (Wildman–Crippen LogP) is 3.52. The maximum atomic E-state index is 11.8. The van der Waals surface area contributed by atoms with Crippen molar-refractivity contribution < 1.29 is 14.3 Å². The van der Waals surface area contributed by atoms with E-state index in [1.54, 1.807) is 55.6 Å². The van der Waals surface area contributed by atoms with E-state index in [1.807, 2.05) is 6.07 Å². The first-order chi connectivity index (χ1) is 9.20. The Balaban J connectivity index is 2.06. The fraction of sp³-hybridized carbons (Fsp3) is 0.0625. The highest BCUT2D eigenvalue weighted by molar-refractivity contribution is 5.92. The van der Waals surface area contributed by atoms with Gasteiger partial charge < -0.3 is 9.47 Å². The largest absolute Gasteiger partial charge is 0.497 e. The normalized spacial score (nSPS) is 9.74. The van der Waals surface area contributed by atoms with Crippen LogP contribution in [0.2, 0.25) is 0 Å². The number of benzene rings is 2. The Hall–Kier alpha value is -2.55. The van der Waals surface area contributed by atoms with Crippen molar-refractivity contribution in [3.63, 3.8) is 0 Å². The van der Waals surface area contributed by atoms with Crippen molar-refractivity contribution in [3.8, 4) is 5.75 Å². The molecule has 2 aromatic carbocycles. The second kappa shape index (κ2) is 5.87. The number of carbonyl (C=O) groups excluding carboxylic acids is 1. The number of esters is 1. The summed E-state index contributed by atoms with van der Waals surface area (Å²) >= 11 is 0. The highest BCUT2D eigenvalue weighted by Crippen LogP contribution is 2.19. The zero-order valence-corrected chi connectivity index (χ0v) is 10.6. The average Bonchev–Trinajstić information content (AvgIpc) is 2.48. The fourth-order valence-electron chi connectivity index (χ4n) is 1.58. The summed E-state index contributed by atoms with van der Waals surface area (Å²) in [5.74, 6) is 0.642. The molecule has 0 radical (unpaired) electrons. The molecule has 0 aliphatic heterocycles. The van der Waals surface area contributed by atoms with Gasteiger partial charge in [-0.2, -0.15) is 0 Å². The number of carbonyl (C=O) groups is 1. The summed E-state index contributed by atoms with van der Waals surface area (Å²) in [5.41, 5.74) is 1.24. The number of hydrogen-bond acceptors (Lipinski definition) is 3. The molecule has 0 heterocycles. The second-order valence-electron chi connectivity index (χ2n) is 3.91. The summed E-state index contributed by atoms with van der Waals surface area (Å²) in [4.78, 5) is 11.8. The molecule has 3 heteroatoms. The van der Waals surface area contributed by atoms with Crippen molar-refractivity contribution in [2.24, 2.45) is 0 Å². The van der Waals surface area contributed by atoms with E-state index < -0.39 is 5.97 Å². The van der Waals surface area contributed by atoms with Crippen LogP contribution in [0.15, 0.2) is 61.2 Å². The summed E-state index contributed by atoms with van der Waals surface area (Å²) in [7, 11) is 1.60. The molecule has 2 rings (SSSR count). The molecule has 0 aliphatic rings. The third-order valence-corrected chi connectivity index (χ3v) is 2.64. The van der Waals surface area contributed by atoms with E-state index in [4.69, 9.17) is 9.47 Å². The molecule has 19 heavy (non-hydrogen) atoms. The van der Waals surface area contributed by atoms with Crippen LogP contribution < -0.4 is 4.74 Å². The van der Waals surface area contributed by atoms with Crippen molar-refractivity contribution in [2.75, 3.05) is 7.11 Å². The summed E-state index contributed by atoms with van der Waals surface area (Å²) < 4.78 is 10.3. The molecule has 0 aliphatic carbocycles. The highest BCUT2D eigenvalue weighted by Gasteiger charge is 2.09. The van der Waals surface area contributed by atoms with Crippen molar-refractivity contribution in [1.29, 1.82) is 0 Å². The summed E-state index contributed by atoms with van der Waals surface area (Å²) in [6.07, 6.45) is 0. The standard InChI is InChI=1S/C16H14O3/c1-12(13-8-10-15(18-2)11-9-13)19-16(17)14-6-4-3-5-7-14/h3-11H,1H2,2H3. The van der Waals surface area contributed by atoms with Gasteiger partial charge in [-0.05, 0) is 36.4 Å². The fourth-order valence-corrected chi connectivity index (χ4v) is 1.58. The lowest BCUT2D eigenvalue weighted by Gasteiger charge is -2.08. The molecule has 3 nitrogen and oxygen atoms in total. The van der Waals surface area contributed by atoms with E-state index in [1.165, 1.54) is 0 Å². The Morgan fingerprint density at radius 3 is 2.16 bits per heavy atom. The molecule has 2 aromatic rings.